The van der Waals surface area contributed by atoms with Crippen LogP contribution in [0.25, 0.3) is 0 Å². The van der Waals surface area contributed by atoms with Crippen molar-refractivity contribution in [2.24, 2.45) is 5.73 Å². The SMILES string of the molecule is NC1CC2CCC(C1)N2CC(=O)NCc1ccc(Cl)cc1. The maximum absolute atomic E-state index is 12.1. The second kappa shape index (κ2) is 6.34. The Morgan fingerprint density at radius 2 is 1.86 bits per heavy atom. The topological polar surface area (TPSA) is 58.4 Å². The molecule has 0 spiro atoms. The number of nitrogens with two attached hydrogens (primary N) is 1. The van der Waals surface area contributed by atoms with Gasteiger partial charge in [-0.2, -0.15) is 0 Å². The minimum absolute atomic E-state index is 0.0947. The lowest BCUT2D eigenvalue weighted by Gasteiger charge is -2.37. The van der Waals surface area contributed by atoms with Crippen LogP contribution in [0.15, 0.2) is 24.3 Å². The summed E-state index contributed by atoms with van der Waals surface area (Å²) in [7, 11) is 0. The summed E-state index contributed by atoms with van der Waals surface area (Å²) in [6, 6.07) is 8.87. The van der Waals surface area contributed by atoms with Crippen molar-refractivity contribution < 1.29 is 4.79 Å². The smallest absolute Gasteiger partial charge is 0.234 e. The number of hydrogen-bond acceptors (Lipinski definition) is 3. The van der Waals surface area contributed by atoms with E-state index in [1.807, 2.05) is 24.3 Å². The van der Waals surface area contributed by atoms with Crippen molar-refractivity contribution in [3.05, 3.63) is 34.9 Å². The zero-order valence-corrected chi connectivity index (χ0v) is 12.9. The van der Waals surface area contributed by atoms with Crippen molar-refractivity contribution in [2.45, 2.75) is 50.4 Å². The van der Waals surface area contributed by atoms with E-state index in [1.165, 1.54) is 12.8 Å². The number of nitrogens with one attached hydrogen (secondary N) is 1. The van der Waals surface area contributed by atoms with Crippen LogP contribution in [-0.2, 0) is 11.3 Å². The second-order valence-electron chi connectivity index (χ2n) is 6.19. The molecule has 2 aliphatic heterocycles. The van der Waals surface area contributed by atoms with Gasteiger partial charge in [0.25, 0.3) is 0 Å². The summed E-state index contributed by atoms with van der Waals surface area (Å²) in [5, 5.41) is 3.71. The monoisotopic (exact) mass is 307 g/mol. The van der Waals surface area contributed by atoms with Gasteiger partial charge in [-0.25, -0.2) is 0 Å². The summed E-state index contributed by atoms with van der Waals surface area (Å²) in [5.41, 5.74) is 7.12. The minimum atomic E-state index is 0.0947. The van der Waals surface area contributed by atoms with E-state index in [2.05, 4.69) is 10.2 Å². The second-order valence-corrected chi connectivity index (χ2v) is 6.63. The van der Waals surface area contributed by atoms with E-state index >= 15 is 0 Å². The lowest BCUT2D eigenvalue weighted by molar-refractivity contribution is -0.123. The van der Waals surface area contributed by atoms with Crippen LogP contribution in [0.5, 0.6) is 0 Å². The average Bonchev–Trinajstić information content (AvgIpc) is 2.70. The van der Waals surface area contributed by atoms with Crippen molar-refractivity contribution in [1.29, 1.82) is 0 Å². The van der Waals surface area contributed by atoms with Crippen LogP contribution < -0.4 is 11.1 Å². The molecular formula is C16H22ClN3O. The molecular weight excluding hydrogens is 286 g/mol. The van der Waals surface area contributed by atoms with Gasteiger partial charge < -0.3 is 11.1 Å². The molecule has 2 bridgehead atoms. The van der Waals surface area contributed by atoms with Crippen LogP contribution in [0.3, 0.4) is 0 Å². The van der Waals surface area contributed by atoms with Gasteiger partial charge in [0.15, 0.2) is 0 Å². The van der Waals surface area contributed by atoms with Gasteiger partial charge in [-0.3, -0.25) is 9.69 Å². The Morgan fingerprint density at radius 3 is 2.48 bits per heavy atom. The van der Waals surface area contributed by atoms with Gasteiger partial charge in [0.2, 0.25) is 5.91 Å². The van der Waals surface area contributed by atoms with Gasteiger partial charge in [0.1, 0.15) is 0 Å². The van der Waals surface area contributed by atoms with E-state index in [9.17, 15) is 4.79 Å². The highest BCUT2D eigenvalue weighted by Crippen LogP contribution is 2.34. The maximum atomic E-state index is 12.1. The molecule has 2 fully saturated rings. The summed E-state index contributed by atoms with van der Waals surface area (Å²) in [6.45, 7) is 1.05. The standard InChI is InChI=1S/C16H22ClN3O/c17-12-3-1-11(2-4-12)9-19-16(21)10-20-14-5-6-15(20)8-13(18)7-14/h1-4,13-15H,5-10,18H2,(H,19,21). The number of nitrogens with zero attached hydrogens (tertiary/aromatic N) is 1. The molecule has 0 aromatic heterocycles. The molecule has 5 heteroatoms. The normalized spacial score (nSPS) is 28.6. The highest BCUT2D eigenvalue weighted by atomic mass is 35.5. The molecule has 0 aliphatic carbocycles. The number of piperidine rings is 1. The molecule has 2 heterocycles. The zero-order chi connectivity index (χ0) is 14.8. The van der Waals surface area contributed by atoms with Crippen LogP contribution in [0.2, 0.25) is 5.02 Å². The number of fused-ring (bicyclic) bond motifs is 2. The molecule has 114 valence electrons. The number of benzene rings is 1. The third-order valence-corrected chi connectivity index (χ3v) is 4.90. The fraction of sp³-hybridized carbons (Fsp3) is 0.562. The van der Waals surface area contributed by atoms with E-state index in [1.54, 1.807) is 0 Å². The lowest BCUT2D eigenvalue weighted by Crippen LogP contribution is -2.50. The summed E-state index contributed by atoms with van der Waals surface area (Å²) >= 11 is 5.85. The molecule has 2 atom stereocenters. The summed E-state index contributed by atoms with van der Waals surface area (Å²) in [4.78, 5) is 14.5. The molecule has 1 aromatic carbocycles. The lowest BCUT2D eigenvalue weighted by atomic mass is 9.98. The molecule has 4 nitrogen and oxygen atoms in total. The molecule has 2 saturated heterocycles. The third-order valence-electron chi connectivity index (χ3n) is 4.65. The van der Waals surface area contributed by atoms with Crippen LogP contribution in [0.4, 0.5) is 0 Å². The van der Waals surface area contributed by atoms with Gasteiger partial charge >= 0.3 is 0 Å². The number of hydrogen-bond donors (Lipinski definition) is 2. The van der Waals surface area contributed by atoms with E-state index in [4.69, 9.17) is 17.3 Å². The number of rotatable bonds is 4. The van der Waals surface area contributed by atoms with Crippen molar-refractivity contribution in [3.63, 3.8) is 0 Å². The van der Waals surface area contributed by atoms with Crippen molar-refractivity contribution in [2.75, 3.05) is 6.54 Å². The first-order chi connectivity index (χ1) is 10.1. The Balaban J connectivity index is 1.49. The Labute approximate surface area is 130 Å². The number of halogens is 1. The summed E-state index contributed by atoms with van der Waals surface area (Å²) in [6.07, 6.45) is 4.42. The van der Waals surface area contributed by atoms with E-state index in [0.29, 0.717) is 36.2 Å². The Kier molecular flexibility index (Phi) is 4.48. The minimum Gasteiger partial charge on any atom is -0.351 e. The molecule has 1 aromatic rings. The largest absolute Gasteiger partial charge is 0.351 e. The first-order valence-corrected chi connectivity index (χ1v) is 8.02. The highest BCUT2D eigenvalue weighted by Gasteiger charge is 2.40. The molecule has 0 saturated carbocycles. The first-order valence-electron chi connectivity index (χ1n) is 7.64. The van der Waals surface area contributed by atoms with Crippen molar-refractivity contribution in [1.82, 2.24) is 10.2 Å². The molecule has 0 radical (unpaired) electrons. The molecule has 3 N–H and O–H groups in total. The number of amides is 1. The van der Waals surface area contributed by atoms with Gasteiger partial charge in [-0.15, -0.1) is 0 Å². The molecule has 3 rings (SSSR count). The first kappa shape index (κ1) is 14.8. The van der Waals surface area contributed by atoms with Crippen LogP contribution >= 0.6 is 11.6 Å². The van der Waals surface area contributed by atoms with Gasteiger partial charge in [-0.05, 0) is 43.4 Å². The van der Waals surface area contributed by atoms with Crippen molar-refractivity contribution in [3.8, 4) is 0 Å². The summed E-state index contributed by atoms with van der Waals surface area (Å²) < 4.78 is 0. The molecule has 21 heavy (non-hydrogen) atoms. The fourth-order valence-electron chi connectivity index (χ4n) is 3.60. The van der Waals surface area contributed by atoms with Gasteiger partial charge in [-0.1, -0.05) is 23.7 Å². The van der Waals surface area contributed by atoms with Crippen LogP contribution in [-0.4, -0.2) is 35.5 Å². The Morgan fingerprint density at radius 1 is 1.24 bits per heavy atom. The van der Waals surface area contributed by atoms with Crippen LogP contribution in [0.1, 0.15) is 31.2 Å². The third kappa shape index (κ3) is 3.57. The fourth-order valence-corrected chi connectivity index (χ4v) is 3.73. The average molecular weight is 308 g/mol. The van der Waals surface area contributed by atoms with E-state index < -0.39 is 0 Å². The Bertz CT molecular complexity index is 491. The quantitative estimate of drug-likeness (QED) is 0.893. The van der Waals surface area contributed by atoms with Gasteiger partial charge in [0, 0.05) is 29.7 Å². The maximum Gasteiger partial charge on any atom is 0.234 e. The molecule has 2 unspecified atom stereocenters. The number of carbonyl (C=O) groups excluding carboxylic acids is 1. The number of carbonyl (C=O) groups is 1. The van der Waals surface area contributed by atoms with Gasteiger partial charge in [0.05, 0.1) is 6.54 Å². The highest BCUT2D eigenvalue weighted by molar-refractivity contribution is 6.30. The summed E-state index contributed by atoms with van der Waals surface area (Å²) in [5.74, 6) is 0.0947. The molecule has 1 amide bonds. The van der Waals surface area contributed by atoms with Crippen LogP contribution in [0, 0.1) is 0 Å². The Hall–Kier alpha value is -1.10. The predicted molar refractivity (Wildman–Crippen MR) is 84.0 cm³/mol. The van der Waals surface area contributed by atoms with Crippen molar-refractivity contribution >= 4 is 17.5 Å². The predicted octanol–water partition coefficient (Wildman–Crippen LogP) is 1.91. The molecule has 2 aliphatic rings. The van der Waals surface area contributed by atoms with E-state index in [-0.39, 0.29) is 5.91 Å². The van der Waals surface area contributed by atoms with E-state index in [0.717, 1.165) is 18.4 Å². The zero-order valence-electron chi connectivity index (χ0n) is 12.1.